The second-order valence-corrected chi connectivity index (χ2v) is 7.88. The van der Waals surface area contributed by atoms with Crippen molar-refractivity contribution in [2.45, 2.75) is 50.0 Å². The molecule has 3 fully saturated rings. The van der Waals surface area contributed by atoms with Crippen LogP contribution in [0, 0.1) is 11.8 Å². The minimum Gasteiger partial charge on any atom is -0.360 e. The van der Waals surface area contributed by atoms with Crippen LogP contribution in [-0.4, -0.2) is 46.0 Å². The number of fused-ring (bicyclic) bond motifs is 1. The smallest absolute Gasteiger partial charge is 0.230 e. The van der Waals surface area contributed by atoms with Crippen molar-refractivity contribution in [2.75, 3.05) is 6.54 Å². The van der Waals surface area contributed by atoms with Gasteiger partial charge in [-0.1, -0.05) is 25.0 Å². The molecule has 26 heavy (non-hydrogen) atoms. The number of rotatable bonds is 4. The van der Waals surface area contributed by atoms with Crippen LogP contribution in [0.4, 0.5) is 0 Å². The normalized spacial score (nSPS) is 35.3. The number of nitrogens with one attached hydrogen (secondary N) is 1. The molecule has 2 bridgehead atoms. The number of amides is 2. The summed E-state index contributed by atoms with van der Waals surface area (Å²) in [7, 11) is 0. The molecule has 1 aliphatic carbocycles. The molecule has 2 unspecified atom stereocenters. The van der Waals surface area contributed by atoms with Gasteiger partial charge in [0.05, 0.1) is 24.5 Å². The number of likely N-dealkylation sites (tertiary alicyclic amines) is 1. The molecule has 1 spiro atoms. The Morgan fingerprint density at radius 1 is 1.31 bits per heavy atom. The van der Waals surface area contributed by atoms with E-state index in [0.717, 1.165) is 18.4 Å². The second-order valence-electron chi connectivity index (χ2n) is 7.88. The van der Waals surface area contributed by atoms with Gasteiger partial charge >= 0.3 is 0 Å². The lowest BCUT2D eigenvalue weighted by atomic mass is 9.77. The van der Waals surface area contributed by atoms with E-state index < -0.39 is 11.5 Å². The molecule has 5 rings (SSSR count). The molecule has 3 aliphatic heterocycles. The third-order valence-corrected chi connectivity index (χ3v) is 6.41. The summed E-state index contributed by atoms with van der Waals surface area (Å²) in [5.41, 5.74) is 0.399. The maximum absolute atomic E-state index is 13.2. The lowest BCUT2D eigenvalue weighted by Crippen LogP contribution is -2.44. The predicted molar refractivity (Wildman–Crippen MR) is 93.8 cm³/mol. The molecule has 4 atom stereocenters. The first-order valence-corrected chi connectivity index (χ1v) is 9.52. The van der Waals surface area contributed by atoms with Crippen LogP contribution < -0.4 is 5.32 Å². The molecule has 6 heteroatoms. The van der Waals surface area contributed by atoms with Gasteiger partial charge in [-0.3, -0.25) is 14.6 Å². The van der Waals surface area contributed by atoms with Crippen molar-refractivity contribution in [3.63, 3.8) is 0 Å². The minimum atomic E-state index is -0.594. The van der Waals surface area contributed by atoms with Crippen molar-refractivity contribution >= 4 is 11.8 Å². The number of aromatic nitrogens is 1. The Bertz CT molecular complexity index is 759. The van der Waals surface area contributed by atoms with E-state index in [1.807, 2.05) is 29.2 Å². The molecule has 6 nitrogen and oxygen atoms in total. The van der Waals surface area contributed by atoms with Gasteiger partial charge in [-0.15, -0.1) is 0 Å². The largest absolute Gasteiger partial charge is 0.360 e. The third kappa shape index (κ3) is 2.31. The highest BCUT2D eigenvalue weighted by molar-refractivity contribution is 5.93. The van der Waals surface area contributed by atoms with E-state index in [0.29, 0.717) is 19.1 Å². The van der Waals surface area contributed by atoms with Crippen molar-refractivity contribution in [3.8, 4) is 0 Å². The van der Waals surface area contributed by atoms with Crippen LogP contribution in [0.25, 0.3) is 0 Å². The molecular weight excluding hydrogens is 330 g/mol. The summed E-state index contributed by atoms with van der Waals surface area (Å²) in [5, 5.41) is 2.99. The van der Waals surface area contributed by atoms with Crippen molar-refractivity contribution in [1.29, 1.82) is 0 Å². The first-order chi connectivity index (χ1) is 12.7. The molecule has 0 radical (unpaired) electrons. The fourth-order valence-corrected chi connectivity index (χ4v) is 5.16. The van der Waals surface area contributed by atoms with Gasteiger partial charge in [0.25, 0.3) is 0 Å². The highest BCUT2D eigenvalue weighted by Gasteiger charge is 2.67. The highest BCUT2D eigenvalue weighted by atomic mass is 16.5. The van der Waals surface area contributed by atoms with Crippen LogP contribution in [0.15, 0.2) is 36.7 Å². The Morgan fingerprint density at radius 3 is 2.85 bits per heavy atom. The first-order valence-electron chi connectivity index (χ1n) is 9.52. The number of hydrogen-bond acceptors (Lipinski definition) is 4. The van der Waals surface area contributed by atoms with Gasteiger partial charge in [0, 0.05) is 25.0 Å². The van der Waals surface area contributed by atoms with Crippen molar-refractivity contribution in [1.82, 2.24) is 15.2 Å². The Balaban J connectivity index is 1.34. The van der Waals surface area contributed by atoms with E-state index in [-0.39, 0.29) is 23.8 Å². The minimum absolute atomic E-state index is 0.0929. The first kappa shape index (κ1) is 16.0. The lowest BCUT2D eigenvalue weighted by Gasteiger charge is -2.27. The molecule has 4 aliphatic rings. The molecule has 2 amide bonds. The summed E-state index contributed by atoms with van der Waals surface area (Å²) in [6.45, 7) is 1.04. The zero-order chi connectivity index (χ0) is 17.7. The number of carbonyl (C=O) groups excluding carboxylic acids is 2. The van der Waals surface area contributed by atoms with Gasteiger partial charge in [-0.2, -0.15) is 0 Å². The number of ether oxygens (including phenoxy) is 1. The average Bonchev–Trinajstić information content (AvgIpc) is 3.42. The monoisotopic (exact) mass is 353 g/mol. The summed E-state index contributed by atoms with van der Waals surface area (Å²) in [5.74, 6) is -0.797. The SMILES string of the molecule is O=C(NCc1ccncc1)C1C2C(=O)N(C3CCCC3)C[C@]23C=C[C@H]1O3. The molecule has 1 saturated carbocycles. The van der Waals surface area contributed by atoms with E-state index in [9.17, 15) is 9.59 Å². The maximum atomic E-state index is 13.2. The number of nitrogens with zero attached hydrogens (tertiary/aromatic N) is 2. The average molecular weight is 353 g/mol. The van der Waals surface area contributed by atoms with Gasteiger partial charge in [-0.05, 0) is 30.5 Å². The fraction of sp³-hybridized carbons (Fsp3) is 0.550. The Kier molecular flexibility index (Phi) is 3.64. The standard InChI is InChI=1S/C20H23N3O3/c24-18(22-11-13-6-9-21-10-7-13)16-15-5-8-20(26-15)12-23(19(25)17(16)20)14-3-1-2-4-14/h5-10,14-17H,1-4,11-12H2,(H,22,24)/t15-,16?,17?,20-/m1/s1. The molecule has 4 heterocycles. The quantitative estimate of drug-likeness (QED) is 0.831. The van der Waals surface area contributed by atoms with Gasteiger partial charge in [0.2, 0.25) is 11.8 Å². The van der Waals surface area contributed by atoms with Crippen molar-refractivity contribution < 1.29 is 14.3 Å². The van der Waals surface area contributed by atoms with E-state index in [4.69, 9.17) is 4.74 Å². The van der Waals surface area contributed by atoms with Gasteiger partial charge in [0.1, 0.15) is 5.60 Å². The summed E-state index contributed by atoms with van der Waals surface area (Å²) >= 11 is 0. The summed E-state index contributed by atoms with van der Waals surface area (Å²) in [4.78, 5) is 32.1. The van der Waals surface area contributed by atoms with Crippen LogP contribution in [0.3, 0.4) is 0 Å². The third-order valence-electron chi connectivity index (χ3n) is 6.41. The molecule has 0 aromatic carbocycles. The molecule has 1 N–H and O–H groups in total. The van der Waals surface area contributed by atoms with Gasteiger partial charge < -0.3 is 15.0 Å². The van der Waals surface area contributed by atoms with Gasteiger partial charge in [0.15, 0.2) is 0 Å². The molecule has 2 saturated heterocycles. The molecular formula is C20H23N3O3. The second kappa shape index (κ2) is 5.91. The lowest BCUT2D eigenvalue weighted by molar-refractivity contribution is -0.138. The predicted octanol–water partition coefficient (Wildman–Crippen LogP) is 1.42. The van der Waals surface area contributed by atoms with E-state index in [1.54, 1.807) is 12.4 Å². The zero-order valence-corrected chi connectivity index (χ0v) is 14.6. The fourth-order valence-electron chi connectivity index (χ4n) is 5.16. The van der Waals surface area contributed by atoms with E-state index in [2.05, 4.69) is 10.3 Å². The summed E-state index contributed by atoms with van der Waals surface area (Å²) in [6.07, 6.45) is 11.6. The van der Waals surface area contributed by atoms with Crippen LogP contribution in [0.2, 0.25) is 0 Å². The molecule has 136 valence electrons. The van der Waals surface area contributed by atoms with Crippen molar-refractivity contribution in [3.05, 3.63) is 42.2 Å². The zero-order valence-electron chi connectivity index (χ0n) is 14.6. The van der Waals surface area contributed by atoms with Crippen LogP contribution in [-0.2, 0) is 20.9 Å². The van der Waals surface area contributed by atoms with Gasteiger partial charge in [-0.25, -0.2) is 0 Å². The number of carbonyl (C=O) groups is 2. The number of pyridine rings is 1. The van der Waals surface area contributed by atoms with E-state index >= 15 is 0 Å². The highest BCUT2D eigenvalue weighted by Crippen LogP contribution is 2.52. The maximum Gasteiger partial charge on any atom is 0.230 e. The summed E-state index contributed by atoms with van der Waals surface area (Å²) in [6, 6.07) is 4.07. The van der Waals surface area contributed by atoms with Crippen molar-refractivity contribution in [2.24, 2.45) is 11.8 Å². The number of hydrogen-bond donors (Lipinski definition) is 1. The molecule has 1 aromatic rings. The summed E-state index contributed by atoms with van der Waals surface area (Å²) < 4.78 is 6.19. The van der Waals surface area contributed by atoms with Crippen LogP contribution >= 0.6 is 0 Å². The Hall–Kier alpha value is -2.21. The Morgan fingerprint density at radius 2 is 2.08 bits per heavy atom. The van der Waals surface area contributed by atoms with E-state index in [1.165, 1.54) is 12.8 Å². The van der Waals surface area contributed by atoms with Crippen LogP contribution in [0.1, 0.15) is 31.2 Å². The van der Waals surface area contributed by atoms with Crippen LogP contribution in [0.5, 0.6) is 0 Å². The molecule has 1 aromatic heterocycles. The Labute approximate surface area is 152 Å². The topological polar surface area (TPSA) is 71.5 Å².